The maximum Gasteiger partial charge on any atom is 0.121 e. The first kappa shape index (κ1) is 11.2. The van der Waals surface area contributed by atoms with Gasteiger partial charge in [-0.3, -0.25) is 0 Å². The van der Waals surface area contributed by atoms with Crippen LogP contribution in [0.25, 0.3) is 0 Å². The van der Waals surface area contributed by atoms with Crippen molar-refractivity contribution in [3.05, 3.63) is 23.8 Å². The van der Waals surface area contributed by atoms with Crippen LogP contribution in [0.5, 0.6) is 5.75 Å². The summed E-state index contributed by atoms with van der Waals surface area (Å²) in [5, 5.41) is 0. The highest BCUT2D eigenvalue weighted by atomic mass is 32.2. The van der Waals surface area contributed by atoms with E-state index in [2.05, 4.69) is 6.92 Å². The molecule has 0 saturated carbocycles. The summed E-state index contributed by atoms with van der Waals surface area (Å²) in [6.45, 7) is 2.19. The Balaban J connectivity index is 2.62. The van der Waals surface area contributed by atoms with Crippen LogP contribution in [0.1, 0.15) is 18.9 Å². The Bertz CT molecular complexity index is 289. The second-order valence-electron chi connectivity index (χ2n) is 3.17. The van der Waals surface area contributed by atoms with Gasteiger partial charge in [0.1, 0.15) is 5.75 Å². The van der Waals surface area contributed by atoms with Crippen molar-refractivity contribution in [1.29, 1.82) is 0 Å². The predicted molar refractivity (Wildman–Crippen MR) is 63.9 cm³/mol. The third-order valence-electron chi connectivity index (χ3n) is 1.84. The van der Waals surface area contributed by atoms with E-state index in [4.69, 9.17) is 10.5 Å². The summed E-state index contributed by atoms with van der Waals surface area (Å²) in [5.74, 6) is 3.05. The molecule has 0 unspecified atom stereocenters. The molecule has 0 amide bonds. The minimum atomic E-state index is 0.774. The van der Waals surface area contributed by atoms with Crippen molar-refractivity contribution in [3.8, 4) is 5.75 Å². The van der Waals surface area contributed by atoms with Crippen molar-refractivity contribution in [2.24, 2.45) is 0 Å². The average molecular weight is 211 g/mol. The molecule has 3 heteroatoms. The molecule has 1 aromatic rings. The minimum absolute atomic E-state index is 0.774. The summed E-state index contributed by atoms with van der Waals surface area (Å²) in [4.78, 5) is 0. The van der Waals surface area contributed by atoms with Crippen LogP contribution in [-0.2, 0) is 5.75 Å². The number of anilines is 1. The van der Waals surface area contributed by atoms with E-state index in [0.717, 1.165) is 17.2 Å². The number of methoxy groups -OCH3 is 1. The summed E-state index contributed by atoms with van der Waals surface area (Å²) in [6, 6.07) is 5.89. The van der Waals surface area contributed by atoms with Crippen LogP contribution in [0.4, 0.5) is 5.69 Å². The molecular formula is C11H17NOS. The lowest BCUT2D eigenvalue weighted by molar-refractivity contribution is 0.414. The van der Waals surface area contributed by atoms with Crippen LogP contribution < -0.4 is 10.5 Å². The Labute approximate surface area is 89.8 Å². The van der Waals surface area contributed by atoms with Gasteiger partial charge in [-0.1, -0.05) is 6.92 Å². The third kappa shape index (κ3) is 3.50. The van der Waals surface area contributed by atoms with Crippen LogP contribution in [0.3, 0.4) is 0 Å². The molecule has 1 rings (SSSR count). The van der Waals surface area contributed by atoms with Crippen molar-refractivity contribution >= 4 is 17.4 Å². The van der Waals surface area contributed by atoms with Gasteiger partial charge in [0, 0.05) is 17.5 Å². The first-order chi connectivity index (χ1) is 6.76. The summed E-state index contributed by atoms with van der Waals surface area (Å²) >= 11 is 1.92. The van der Waals surface area contributed by atoms with Crippen molar-refractivity contribution in [2.45, 2.75) is 19.1 Å². The number of rotatable bonds is 5. The number of ether oxygens (including phenoxy) is 1. The fourth-order valence-corrected chi connectivity index (χ4v) is 2.06. The summed E-state index contributed by atoms with van der Waals surface area (Å²) in [5.41, 5.74) is 7.76. The molecule has 2 N–H and O–H groups in total. The molecule has 2 nitrogen and oxygen atoms in total. The second kappa shape index (κ2) is 5.81. The van der Waals surface area contributed by atoms with Gasteiger partial charge in [0.15, 0.2) is 0 Å². The zero-order valence-electron chi connectivity index (χ0n) is 8.75. The lowest BCUT2D eigenvalue weighted by Crippen LogP contribution is -1.91. The highest BCUT2D eigenvalue weighted by Crippen LogP contribution is 2.22. The number of nitrogen functional groups attached to an aromatic ring is 1. The molecule has 0 spiro atoms. The van der Waals surface area contributed by atoms with Crippen molar-refractivity contribution < 1.29 is 4.74 Å². The zero-order chi connectivity index (χ0) is 10.4. The number of hydrogen-bond donors (Lipinski definition) is 1. The molecule has 0 bridgehead atoms. The molecule has 0 atom stereocenters. The molecule has 0 saturated heterocycles. The minimum Gasteiger partial charge on any atom is -0.497 e. The number of nitrogens with two attached hydrogens (primary N) is 1. The van der Waals surface area contributed by atoms with E-state index >= 15 is 0 Å². The first-order valence-electron chi connectivity index (χ1n) is 4.77. The van der Waals surface area contributed by atoms with E-state index in [9.17, 15) is 0 Å². The fourth-order valence-electron chi connectivity index (χ4n) is 1.22. The molecular weight excluding hydrogens is 194 g/mol. The molecule has 0 aliphatic carbocycles. The summed E-state index contributed by atoms with van der Waals surface area (Å²) in [7, 11) is 1.66. The molecule has 0 aliphatic rings. The van der Waals surface area contributed by atoms with Gasteiger partial charge in [-0.05, 0) is 29.9 Å². The SMILES string of the molecule is CCCSCc1cc(N)cc(OC)c1. The largest absolute Gasteiger partial charge is 0.497 e. The topological polar surface area (TPSA) is 35.2 Å². The number of hydrogen-bond acceptors (Lipinski definition) is 3. The van der Waals surface area contributed by atoms with Crippen LogP contribution in [0.2, 0.25) is 0 Å². The lowest BCUT2D eigenvalue weighted by Gasteiger charge is -2.06. The van der Waals surface area contributed by atoms with Gasteiger partial charge in [-0.25, -0.2) is 0 Å². The molecule has 14 heavy (non-hydrogen) atoms. The normalized spacial score (nSPS) is 10.1. The number of thioether (sulfide) groups is 1. The molecule has 1 aromatic carbocycles. The van der Waals surface area contributed by atoms with E-state index in [-0.39, 0.29) is 0 Å². The zero-order valence-corrected chi connectivity index (χ0v) is 9.56. The van der Waals surface area contributed by atoms with Gasteiger partial charge in [0.2, 0.25) is 0 Å². The summed E-state index contributed by atoms with van der Waals surface area (Å²) in [6.07, 6.45) is 1.21. The third-order valence-corrected chi connectivity index (χ3v) is 3.08. The van der Waals surface area contributed by atoms with E-state index in [1.54, 1.807) is 7.11 Å². The van der Waals surface area contributed by atoms with E-state index in [1.807, 2.05) is 30.0 Å². The highest BCUT2D eigenvalue weighted by Gasteiger charge is 1.99. The fraction of sp³-hybridized carbons (Fsp3) is 0.455. The Hall–Kier alpha value is -0.830. The van der Waals surface area contributed by atoms with Crippen molar-refractivity contribution in [2.75, 3.05) is 18.6 Å². The Morgan fingerprint density at radius 3 is 2.79 bits per heavy atom. The number of benzene rings is 1. The molecule has 78 valence electrons. The van der Waals surface area contributed by atoms with E-state index in [0.29, 0.717) is 0 Å². The molecule has 0 fully saturated rings. The molecule has 0 heterocycles. The van der Waals surface area contributed by atoms with Crippen LogP contribution in [0.15, 0.2) is 18.2 Å². The smallest absolute Gasteiger partial charge is 0.121 e. The average Bonchev–Trinajstić information content (AvgIpc) is 2.17. The summed E-state index contributed by atoms with van der Waals surface area (Å²) < 4.78 is 5.15. The van der Waals surface area contributed by atoms with Gasteiger partial charge in [0.25, 0.3) is 0 Å². The van der Waals surface area contributed by atoms with E-state index in [1.165, 1.54) is 17.7 Å². The Kier molecular flexibility index (Phi) is 4.66. The van der Waals surface area contributed by atoms with Gasteiger partial charge in [-0.15, -0.1) is 0 Å². The second-order valence-corrected chi connectivity index (χ2v) is 4.27. The maximum atomic E-state index is 5.75. The predicted octanol–water partition coefficient (Wildman–Crippen LogP) is 2.92. The first-order valence-corrected chi connectivity index (χ1v) is 5.93. The van der Waals surface area contributed by atoms with Crippen LogP contribution in [0, 0.1) is 0 Å². The molecule has 0 aromatic heterocycles. The molecule has 0 aliphatic heterocycles. The lowest BCUT2D eigenvalue weighted by atomic mass is 10.2. The quantitative estimate of drug-likeness (QED) is 0.601. The van der Waals surface area contributed by atoms with Gasteiger partial charge in [0.05, 0.1) is 7.11 Å². The van der Waals surface area contributed by atoms with Crippen molar-refractivity contribution in [1.82, 2.24) is 0 Å². The van der Waals surface area contributed by atoms with Gasteiger partial charge in [-0.2, -0.15) is 11.8 Å². The van der Waals surface area contributed by atoms with E-state index < -0.39 is 0 Å². The highest BCUT2D eigenvalue weighted by molar-refractivity contribution is 7.98. The van der Waals surface area contributed by atoms with Crippen LogP contribution >= 0.6 is 11.8 Å². The van der Waals surface area contributed by atoms with Crippen LogP contribution in [-0.4, -0.2) is 12.9 Å². The van der Waals surface area contributed by atoms with Crippen molar-refractivity contribution in [3.63, 3.8) is 0 Å². The Morgan fingerprint density at radius 2 is 2.14 bits per heavy atom. The maximum absolute atomic E-state index is 5.75. The van der Waals surface area contributed by atoms with Gasteiger partial charge < -0.3 is 10.5 Å². The Morgan fingerprint density at radius 1 is 1.36 bits per heavy atom. The monoisotopic (exact) mass is 211 g/mol. The van der Waals surface area contributed by atoms with Gasteiger partial charge >= 0.3 is 0 Å². The molecule has 0 radical (unpaired) electrons. The standard InChI is InChI=1S/C11H17NOS/c1-3-4-14-8-9-5-10(12)7-11(6-9)13-2/h5-7H,3-4,8,12H2,1-2H3.